The molecule has 19 heavy (non-hydrogen) atoms. The van der Waals surface area contributed by atoms with E-state index in [4.69, 9.17) is 11.6 Å². The summed E-state index contributed by atoms with van der Waals surface area (Å²) in [7, 11) is 0. The number of aryl methyl sites for hydroxylation is 1. The van der Waals surface area contributed by atoms with Gasteiger partial charge in [0.05, 0.1) is 0 Å². The summed E-state index contributed by atoms with van der Waals surface area (Å²) in [5, 5.41) is 0.509. The lowest BCUT2D eigenvalue weighted by Crippen LogP contribution is -2.01. The van der Waals surface area contributed by atoms with E-state index >= 15 is 0 Å². The van der Waals surface area contributed by atoms with Gasteiger partial charge in [0.25, 0.3) is 0 Å². The Bertz CT molecular complexity index is 592. The Kier molecular flexibility index (Phi) is 3.47. The Hall–Kier alpha value is -1.48. The molecule has 0 spiro atoms. The Balaban J connectivity index is 2.01. The van der Waals surface area contributed by atoms with Gasteiger partial charge in [-0.15, -0.1) is 0 Å². The van der Waals surface area contributed by atoms with Crippen LogP contribution in [-0.2, 0) is 0 Å². The minimum absolute atomic E-state index is 0.509. The maximum Gasteiger partial charge on any atom is 0.179 e. The summed E-state index contributed by atoms with van der Waals surface area (Å²) < 4.78 is 0. The molecule has 2 aromatic rings. The first kappa shape index (κ1) is 12.5. The minimum atomic E-state index is 0.509. The highest BCUT2D eigenvalue weighted by Crippen LogP contribution is 2.34. The summed E-state index contributed by atoms with van der Waals surface area (Å²) in [6.45, 7) is 2.04. The summed E-state index contributed by atoms with van der Waals surface area (Å²) in [5.74, 6) is 1.17. The molecule has 0 amide bonds. The molecule has 2 heterocycles. The fourth-order valence-electron chi connectivity index (χ4n) is 2.64. The number of pyridine rings is 1. The van der Waals surface area contributed by atoms with E-state index in [-0.39, 0.29) is 0 Å². The van der Waals surface area contributed by atoms with Gasteiger partial charge >= 0.3 is 0 Å². The summed E-state index contributed by atoms with van der Waals surface area (Å²) >= 11 is 6.14. The van der Waals surface area contributed by atoms with E-state index < -0.39 is 0 Å². The zero-order valence-corrected chi connectivity index (χ0v) is 11.7. The third-order valence-corrected chi connectivity index (χ3v) is 3.83. The minimum Gasteiger partial charge on any atom is -0.253 e. The van der Waals surface area contributed by atoms with Gasteiger partial charge in [-0.25, -0.2) is 9.97 Å². The van der Waals surface area contributed by atoms with Crippen molar-refractivity contribution in [3.63, 3.8) is 0 Å². The van der Waals surface area contributed by atoms with Gasteiger partial charge < -0.3 is 0 Å². The van der Waals surface area contributed by atoms with Crippen molar-refractivity contribution in [3.8, 4) is 11.5 Å². The van der Waals surface area contributed by atoms with Crippen LogP contribution in [0.25, 0.3) is 11.5 Å². The predicted octanol–water partition coefficient (Wildman–Crippen LogP) is 4.16. The van der Waals surface area contributed by atoms with Crippen LogP contribution in [0.2, 0.25) is 5.15 Å². The van der Waals surface area contributed by atoms with Crippen molar-refractivity contribution < 1.29 is 0 Å². The predicted molar refractivity (Wildman–Crippen MR) is 76.2 cm³/mol. The van der Waals surface area contributed by atoms with Gasteiger partial charge in [-0.2, -0.15) is 0 Å². The summed E-state index contributed by atoms with van der Waals surface area (Å²) in [4.78, 5) is 13.3. The lowest BCUT2D eigenvalue weighted by atomic mass is 10.0. The molecule has 3 nitrogen and oxygen atoms in total. The Morgan fingerprint density at radius 2 is 1.95 bits per heavy atom. The van der Waals surface area contributed by atoms with Crippen molar-refractivity contribution in [3.05, 3.63) is 40.8 Å². The first-order valence-corrected chi connectivity index (χ1v) is 7.08. The molecule has 0 bridgehead atoms. The SMILES string of the molecule is Cc1ccnc(-c2nc(Cl)cc(C3CCCC3)n2)c1. The maximum atomic E-state index is 6.14. The number of hydrogen-bond acceptors (Lipinski definition) is 3. The first-order valence-electron chi connectivity index (χ1n) is 6.70. The van der Waals surface area contributed by atoms with Crippen LogP contribution in [0.5, 0.6) is 0 Å². The molecule has 0 unspecified atom stereocenters. The largest absolute Gasteiger partial charge is 0.253 e. The number of rotatable bonds is 2. The van der Waals surface area contributed by atoms with Gasteiger partial charge in [-0.1, -0.05) is 24.4 Å². The van der Waals surface area contributed by atoms with Crippen LogP contribution in [0.15, 0.2) is 24.4 Å². The highest BCUT2D eigenvalue weighted by Gasteiger charge is 2.20. The standard InChI is InChI=1S/C15H16ClN3/c1-10-6-7-17-13(8-10)15-18-12(9-14(16)19-15)11-4-2-3-5-11/h6-9,11H,2-5H2,1H3. The third kappa shape index (κ3) is 2.76. The molecule has 0 radical (unpaired) electrons. The van der Waals surface area contributed by atoms with E-state index in [2.05, 4.69) is 15.0 Å². The molecule has 1 aliphatic rings. The maximum absolute atomic E-state index is 6.14. The average Bonchev–Trinajstić information content (AvgIpc) is 2.92. The van der Waals surface area contributed by atoms with Crippen LogP contribution in [-0.4, -0.2) is 15.0 Å². The van der Waals surface area contributed by atoms with Crippen molar-refractivity contribution in [2.45, 2.75) is 38.5 Å². The van der Waals surface area contributed by atoms with Crippen LogP contribution < -0.4 is 0 Å². The Morgan fingerprint density at radius 3 is 2.68 bits per heavy atom. The molecule has 3 rings (SSSR count). The highest BCUT2D eigenvalue weighted by atomic mass is 35.5. The van der Waals surface area contributed by atoms with Gasteiger partial charge in [-0.3, -0.25) is 4.98 Å². The molecule has 1 aliphatic carbocycles. The fraction of sp³-hybridized carbons (Fsp3) is 0.400. The second-order valence-corrected chi connectivity index (χ2v) is 5.53. The van der Waals surface area contributed by atoms with Gasteiger partial charge in [-0.05, 0) is 43.5 Å². The van der Waals surface area contributed by atoms with E-state index in [1.165, 1.54) is 25.7 Å². The molecule has 1 fully saturated rings. The molecule has 98 valence electrons. The quantitative estimate of drug-likeness (QED) is 0.771. The number of aromatic nitrogens is 3. The lowest BCUT2D eigenvalue weighted by molar-refractivity contribution is 0.695. The topological polar surface area (TPSA) is 38.7 Å². The second-order valence-electron chi connectivity index (χ2n) is 5.14. The van der Waals surface area contributed by atoms with E-state index in [0.29, 0.717) is 16.9 Å². The van der Waals surface area contributed by atoms with E-state index in [0.717, 1.165) is 17.0 Å². The normalized spacial score (nSPS) is 15.9. The molecule has 0 saturated heterocycles. The summed E-state index contributed by atoms with van der Waals surface area (Å²) in [5.41, 5.74) is 3.01. The number of hydrogen-bond donors (Lipinski definition) is 0. The van der Waals surface area contributed by atoms with Crippen molar-refractivity contribution in [2.24, 2.45) is 0 Å². The van der Waals surface area contributed by atoms with Crippen LogP contribution >= 0.6 is 11.6 Å². The smallest absolute Gasteiger partial charge is 0.179 e. The lowest BCUT2D eigenvalue weighted by Gasteiger charge is -2.10. The van der Waals surface area contributed by atoms with Gasteiger partial charge in [0.2, 0.25) is 0 Å². The fourth-order valence-corrected chi connectivity index (χ4v) is 2.83. The zero-order valence-electron chi connectivity index (χ0n) is 10.9. The third-order valence-electron chi connectivity index (χ3n) is 3.63. The van der Waals surface area contributed by atoms with Crippen molar-refractivity contribution in [2.75, 3.05) is 0 Å². The Labute approximate surface area is 118 Å². The number of halogens is 1. The van der Waals surface area contributed by atoms with Crippen molar-refractivity contribution in [1.82, 2.24) is 15.0 Å². The number of nitrogens with zero attached hydrogens (tertiary/aromatic N) is 3. The van der Waals surface area contributed by atoms with Crippen molar-refractivity contribution in [1.29, 1.82) is 0 Å². The molecular weight excluding hydrogens is 258 g/mol. The van der Waals surface area contributed by atoms with Crippen molar-refractivity contribution >= 4 is 11.6 Å². The first-order chi connectivity index (χ1) is 9.22. The van der Waals surface area contributed by atoms with Crippen LogP contribution in [0, 0.1) is 6.92 Å². The molecule has 1 saturated carbocycles. The second kappa shape index (κ2) is 5.25. The average molecular weight is 274 g/mol. The highest BCUT2D eigenvalue weighted by molar-refractivity contribution is 6.29. The molecular formula is C15H16ClN3. The van der Waals surface area contributed by atoms with Gasteiger partial charge in [0, 0.05) is 17.8 Å². The summed E-state index contributed by atoms with van der Waals surface area (Å²) in [6, 6.07) is 5.85. The van der Waals surface area contributed by atoms with E-state index in [9.17, 15) is 0 Å². The van der Waals surface area contributed by atoms with E-state index in [1.807, 2.05) is 25.1 Å². The molecule has 0 N–H and O–H groups in total. The van der Waals surface area contributed by atoms with Gasteiger partial charge in [0.1, 0.15) is 10.8 Å². The van der Waals surface area contributed by atoms with Crippen LogP contribution in [0.4, 0.5) is 0 Å². The molecule has 0 aliphatic heterocycles. The zero-order chi connectivity index (χ0) is 13.2. The van der Waals surface area contributed by atoms with Crippen LogP contribution in [0.1, 0.15) is 42.9 Å². The van der Waals surface area contributed by atoms with Crippen LogP contribution in [0.3, 0.4) is 0 Å². The Morgan fingerprint density at radius 1 is 1.16 bits per heavy atom. The monoisotopic (exact) mass is 273 g/mol. The molecule has 4 heteroatoms. The summed E-state index contributed by atoms with van der Waals surface area (Å²) in [6.07, 6.45) is 6.75. The molecule has 2 aromatic heterocycles. The van der Waals surface area contributed by atoms with Gasteiger partial charge in [0.15, 0.2) is 5.82 Å². The molecule has 0 aromatic carbocycles. The molecule has 0 atom stereocenters. The van der Waals surface area contributed by atoms with E-state index in [1.54, 1.807) is 6.20 Å².